The average molecular weight is 412 g/mol. The van der Waals surface area contributed by atoms with Crippen molar-refractivity contribution in [3.05, 3.63) is 59.7 Å². The zero-order chi connectivity index (χ0) is 21.7. The summed E-state index contributed by atoms with van der Waals surface area (Å²) in [4.78, 5) is 38.8. The van der Waals surface area contributed by atoms with Crippen molar-refractivity contribution in [2.24, 2.45) is 0 Å². The molecule has 2 amide bonds. The molecule has 0 aliphatic carbocycles. The molecule has 0 saturated carbocycles. The SMILES string of the molecule is COC(=O)[C@@H]1[C@H](NC(=O)Cc2ccccc2)C(=O)N1Cc1ccc(OC)cc1OC. The number of nitrogens with one attached hydrogen (secondary N) is 1. The summed E-state index contributed by atoms with van der Waals surface area (Å²) in [6, 6.07) is 12.5. The van der Waals surface area contributed by atoms with E-state index in [2.05, 4.69) is 5.32 Å². The highest BCUT2D eigenvalue weighted by Crippen LogP contribution is 2.30. The number of rotatable bonds is 8. The third kappa shape index (κ3) is 4.37. The molecule has 2 aromatic carbocycles. The summed E-state index contributed by atoms with van der Waals surface area (Å²) < 4.78 is 15.4. The predicted molar refractivity (Wildman–Crippen MR) is 108 cm³/mol. The number of methoxy groups -OCH3 is 3. The van der Waals surface area contributed by atoms with Gasteiger partial charge in [-0.2, -0.15) is 0 Å². The van der Waals surface area contributed by atoms with Crippen LogP contribution in [0.15, 0.2) is 48.5 Å². The van der Waals surface area contributed by atoms with E-state index in [1.54, 1.807) is 25.3 Å². The first-order chi connectivity index (χ1) is 14.5. The van der Waals surface area contributed by atoms with Crippen LogP contribution < -0.4 is 14.8 Å². The second-order valence-corrected chi connectivity index (χ2v) is 6.82. The van der Waals surface area contributed by atoms with Crippen LogP contribution in [0.25, 0.3) is 0 Å². The number of hydrogen-bond acceptors (Lipinski definition) is 6. The summed E-state index contributed by atoms with van der Waals surface area (Å²) in [7, 11) is 4.31. The highest BCUT2D eigenvalue weighted by molar-refractivity contribution is 6.02. The van der Waals surface area contributed by atoms with Crippen LogP contribution in [0.2, 0.25) is 0 Å². The van der Waals surface area contributed by atoms with Crippen molar-refractivity contribution in [3.8, 4) is 11.5 Å². The molecule has 0 bridgehead atoms. The lowest BCUT2D eigenvalue weighted by Gasteiger charge is -2.45. The maximum Gasteiger partial charge on any atom is 0.331 e. The van der Waals surface area contributed by atoms with E-state index in [1.165, 1.54) is 19.1 Å². The van der Waals surface area contributed by atoms with Gasteiger partial charge in [-0.3, -0.25) is 9.59 Å². The normalized spacial score (nSPS) is 17.7. The van der Waals surface area contributed by atoms with E-state index in [4.69, 9.17) is 14.2 Å². The Bertz CT molecular complexity index is 930. The molecule has 0 radical (unpaired) electrons. The summed E-state index contributed by atoms with van der Waals surface area (Å²) in [6.45, 7) is 0.136. The number of nitrogens with zero attached hydrogens (tertiary/aromatic N) is 1. The second-order valence-electron chi connectivity index (χ2n) is 6.82. The van der Waals surface area contributed by atoms with Crippen molar-refractivity contribution in [2.45, 2.75) is 25.0 Å². The predicted octanol–water partition coefficient (Wildman–Crippen LogP) is 1.32. The minimum Gasteiger partial charge on any atom is -0.497 e. The van der Waals surface area contributed by atoms with E-state index in [9.17, 15) is 14.4 Å². The Labute approximate surface area is 174 Å². The molecule has 2 aromatic rings. The minimum atomic E-state index is -0.960. The topological polar surface area (TPSA) is 94.2 Å². The van der Waals surface area contributed by atoms with E-state index in [-0.39, 0.29) is 24.8 Å². The Morgan fingerprint density at radius 1 is 1.03 bits per heavy atom. The van der Waals surface area contributed by atoms with Gasteiger partial charge in [-0.25, -0.2) is 4.79 Å². The van der Waals surface area contributed by atoms with Gasteiger partial charge < -0.3 is 24.4 Å². The van der Waals surface area contributed by atoms with Crippen LogP contribution in [0.1, 0.15) is 11.1 Å². The van der Waals surface area contributed by atoms with E-state index < -0.39 is 18.1 Å². The van der Waals surface area contributed by atoms with Gasteiger partial charge in [-0.1, -0.05) is 30.3 Å². The van der Waals surface area contributed by atoms with Gasteiger partial charge in [-0.15, -0.1) is 0 Å². The molecule has 8 heteroatoms. The molecular weight excluding hydrogens is 388 g/mol. The molecule has 1 fully saturated rings. The fourth-order valence-electron chi connectivity index (χ4n) is 3.42. The summed E-state index contributed by atoms with van der Waals surface area (Å²) in [5, 5.41) is 2.66. The highest BCUT2D eigenvalue weighted by Gasteiger charge is 2.53. The first-order valence-corrected chi connectivity index (χ1v) is 9.41. The molecule has 0 aromatic heterocycles. The Morgan fingerprint density at radius 2 is 1.77 bits per heavy atom. The van der Waals surface area contributed by atoms with E-state index in [1.807, 2.05) is 30.3 Å². The number of benzene rings is 2. The third-order valence-corrected chi connectivity index (χ3v) is 5.00. The Morgan fingerprint density at radius 3 is 2.40 bits per heavy atom. The molecule has 1 N–H and O–H groups in total. The van der Waals surface area contributed by atoms with Crippen molar-refractivity contribution >= 4 is 17.8 Å². The lowest BCUT2D eigenvalue weighted by molar-refractivity contribution is -0.170. The lowest BCUT2D eigenvalue weighted by atomic mass is 9.93. The van der Waals surface area contributed by atoms with Crippen LogP contribution in [-0.2, 0) is 32.1 Å². The highest BCUT2D eigenvalue weighted by atomic mass is 16.5. The largest absolute Gasteiger partial charge is 0.497 e. The molecule has 30 heavy (non-hydrogen) atoms. The molecule has 1 aliphatic rings. The zero-order valence-electron chi connectivity index (χ0n) is 17.1. The number of amides is 2. The first-order valence-electron chi connectivity index (χ1n) is 9.41. The molecule has 1 aliphatic heterocycles. The summed E-state index contributed by atoms with van der Waals surface area (Å²) >= 11 is 0. The molecule has 0 unspecified atom stereocenters. The molecule has 3 rings (SSSR count). The van der Waals surface area contributed by atoms with Crippen LogP contribution in [0, 0.1) is 0 Å². The number of likely N-dealkylation sites (tertiary alicyclic amines) is 1. The molecule has 2 atom stereocenters. The number of esters is 1. The molecule has 158 valence electrons. The smallest absolute Gasteiger partial charge is 0.331 e. The summed E-state index contributed by atoms with van der Waals surface area (Å²) in [5.74, 6) is -0.143. The van der Waals surface area contributed by atoms with E-state index in [0.29, 0.717) is 17.1 Å². The number of ether oxygens (including phenoxy) is 3. The van der Waals surface area contributed by atoms with Gasteiger partial charge in [0.15, 0.2) is 6.04 Å². The second kappa shape index (κ2) is 9.30. The monoisotopic (exact) mass is 412 g/mol. The van der Waals surface area contributed by atoms with Crippen molar-refractivity contribution in [2.75, 3.05) is 21.3 Å². The van der Waals surface area contributed by atoms with Crippen LogP contribution >= 0.6 is 0 Å². The van der Waals surface area contributed by atoms with Crippen molar-refractivity contribution in [1.82, 2.24) is 10.2 Å². The Kier molecular flexibility index (Phi) is 6.56. The number of hydrogen-bond donors (Lipinski definition) is 1. The fourth-order valence-corrected chi connectivity index (χ4v) is 3.42. The zero-order valence-corrected chi connectivity index (χ0v) is 17.1. The lowest BCUT2D eigenvalue weighted by Crippen LogP contribution is -2.73. The average Bonchev–Trinajstić information content (AvgIpc) is 2.78. The van der Waals surface area contributed by atoms with Crippen LogP contribution in [-0.4, -0.2) is 56.1 Å². The maximum absolute atomic E-state index is 12.7. The first kappa shape index (κ1) is 21.2. The Hall–Kier alpha value is -3.55. The molecule has 0 spiro atoms. The molecule has 1 saturated heterocycles. The van der Waals surface area contributed by atoms with Crippen LogP contribution in [0.3, 0.4) is 0 Å². The van der Waals surface area contributed by atoms with Gasteiger partial charge in [0.25, 0.3) is 0 Å². The summed E-state index contributed by atoms with van der Waals surface area (Å²) in [6.07, 6.45) is 0.116. The summed E-state index contributed by atoms with van der Waals surface area (Å²) in [5.41, 5.74) is 1.52. The van der Waals surface area contributed by atoms with Crippen molar-refractivity contribution < 1.29 is 28.6 Å². The van der Waals surface area contributed by atoms with Crippen molar-refractivity contribution in [3.63, 3.8) is 0 Å². The number of carbonyl (C=O) groups is 3. The molecular formula is C22H24N2O6. The quantitative estimate of drug-likeness (QED) is 0.519. The molecule has 8 nitrogen and oxygen atoms in total. The minimum absolute atomic E-state index is 0.116. The standard InChI is InChI=1S/C22H24N2O6/c1-28-16-10-9-15(17(12-16)29-2)13-24-20(22(27)30-3)19(21(24)26)23-18(25)11-14-7-5-4-6-8-14/h4-10,12,19-20H,11,13H2,1-3H3,(H,23,25)/t19-,20-/m0/s1. The van der Waals surface area contributed by atoms with Crippen LogP contribution in [0.5, 0.6) is 11.5 Å². The van der Waals surface area contributed by atoms with Gasteiger partial charge in [0.1, 0.15) is 17.5 Å². The van der Waals surface area contributed by atoms with Crippen molar-refractivity contribution in [1.29, 1.82) is 0 Å². The van der Waals surface area contributed by atoms with E-state index in [0.717, 1.165) is 5.56 Å². The van der Waals surface area contributed by atoms with Crippen LogP contribution in [0.4, 0.5) is 0 Å². The van der Waals surface area contributed by atoms with Gasteiger partial charge in [0, 0.05) is 11.6 Å². The van der Waals surface area contributed by atoms with Gasteiger partial charge in [0.05, 0.1) is 34.3 Å². The third-order valence-electron chi connectivity index (χ3n) is 5.00. The Balaban J connectivity index is 1.73. The fraction of sp³-hybridized carbons (Fsp3) is 0.318. The van der Waals surface area contributed by atoms with Gasteiger partial charge in [-0.05, 0) is 17.7 Å². The van der Waals surface area contributed by atoms with Gasteiger partial charge in [0.2, 0.25) is 11.8 Å². The molecule has 1 heterocycles. The van der Waals surface area contributed by atoms with Gasteiger partial charge >= 0.3 is 5.97 Å². The van der Waals surface area contributed by atoms with E-state index >= 15 is 0 Å². The number of carbonyl (C=O) groups excluding carboxylic acids is 3. The number of β-lactam (4-membered cyclic amide) rings is 1. The maximum atomic E-state index is 12.7.